The number of hydrogen-bond acceptors (Lipinski definition) is 6. The number of carboxylic acid groups (broad SMARTS) is 1. The molecule has 186 valence electrons. The van der Waals surface area contributed by atoms with Gasteiger partial charge in [-0.3, -0.25) is 9.36 Å². The molecule has 0 radical (unpaired) electrons. The molecular formula is C30H20N2O4S2. The van der Waals surface area contributed by atoms with Crippen molar-refractivity contribution < 1.29 is 14.3 Å². The minimum absolute atomic E-state index is 0.0821. The molecule has 0 unspecified atom stereocenters. The van der Waals surface area contributed by atoms with Crippen LogP contribution in [-0.2, 0) is 6.42 Å². The predicted octanol–water partition coefficient (Wildman–Crippen LogP) is 5.34. The van der Waals surface area contributed by atoms with Crippen LogP contribution in [0.15, 0.2) is 98.0 Å². The molecule has 3 aromatic heterocycles. The van der Waals surface area contributed by atoms with Crippen molar-refractivity contribution in [3.63, 3.8) is 0 Å². The van der Waals surface area contributed by atoms with Gasteiger partial charge in [-0.15, -0.1) is 11.3 Å². The third-order valence-corrected chi connectivity index (χ3v) is 8.91. The minimum atomic E-state index is -0.974. The summed E-state index contributed by atoms with van der Waals surface area (Å²) in [7, 11) is 0. The second-order valence-corrected chi connectivity index (χ2v) is 11.2. The standard InChI is InChI=1S/C30H20N2O4S2/c33-28-25(16-20-12-14-23(36-20)18-7-9-19(10-8-18)29(34)35)38-30-31-26-21-5-2-1-4-17(21)11-13-22(26)27(32(28)30)24-6-3-15-37-24/h1-10,12,14-16,27H,11,13H2,(H,34,35)/b25-16+/t27-/m0/s1. The van der Waals surface area contributed by atoms with Crippen molar-refractivity contribution in [1.82, 2.24) is 4.57 Å². The van der Waals surface area contributed by atoms with Gasteiger partial charge in [0.1, 0.15) is 11.5 Å². The molecule has 0 saturated heterocycles. The molecule has 1 atom stereocenters. The molecule has 1 aliphatic heterocycles. The first-order valence-corrected chi connectivity index (χ1v) is 13.9. The van der Waals surface area contributed by atoms with Crippen LogP contribution >= 0.6 is 22.7 Å². The van der Waals surface area contributed by atoms with Crippen LogP contribution in [0.25, 0.3) is 23.1 Å². The number of rotatable bonds is 4. The lowest BCUT2D eigenvalue weighted by atomic mass is 9.85. The number of carbonyl (C=O) groups is 1. The number of allylic oxidation sites excluding steroid dienone is 1. The van der Waals surface area contributed by atoms with Crippen LogP contribution in [0, 0.1) is 0 Å². The molecule has 2 aromatic carbocycles. The lowest BCUT2D eigenvalue weighted by molar-refractivity contribution is 0.0697. The number of fused-ring (bicyclic) bond motifs is 3. The topological polar surface area (TPSA) is 84.8 Å². The quantitative estimate of drug-likeness (QED) is 0.336. The number of furan rings is 1. The first-order valence-electron chi connectivity index (χ1n) is 12.2. The molecule has 5 aromatic rings. The Morgan fingerprint density at radius 2 is 1.87 bits per heavy atom. The van der Waals surface area contributed by atoms with Gasteiger partial charge < -0.3 is 9.52 Å². The van der Waals surface area contributed by atoms with E-state index in [4.69, 9.17) is 14.5 Å². The molecule has 7 rings (SSSR count). The zero-order valence-corrected chi connectivity index (χ0v) is 21.6. The first kappa shape index (κ1) is 22.9. The van der Waals surface area contributed by atoms with Crippen LogP contribution in [0.3, 0.4) is 0 Å². The summed E-state index contributed by atoms with van der Waals surface area (Å²) in [5.41, 5.74) is 5.52. The summed E-state index contributed by atoms with van der Waals surface area (Å²) < 4.78 is 8.41. The second kappa shape index (κ2) is 8.93. The van der Waals surface area contributed by atoms with E-state index in [0.717, 1.165) is 34.5 Å². The maximum atomic E-state index is 13.8. The molecule has 1 aliphatic carbocycles. The van der Waals surface area contributed by atoms with Crippen molar-refractivity contribution in [1.29, 1.82) is 0 Å². The number of carboxylic acids is 1. The lowest BCUT2D eigenvalue weighted by Crippen LogP contribution is -2.38. The maximum Gasteiger partial charge on any atom is 0.335 e. The molecule has 1 N–H and O–H groups in total. The van der Waals surface area contributed by atoms with Gasteiger partial charge in [-0.2, -0.15) is 0 Å². The van der Waals surface area contributed by atoms with Crippen LogP contribution in [0.4, 0.5) is 0 Å². The minimum Gasteiger partial charge on any atom is -0.478 e. The summed E-state index contributed by atoms with van der Waals surface area (Å²) in [5, 5.41) is 11.2. The number of aromatic carboxylic acids is 1. The highest BCUT2D eigenvalue weighted by Crippen LogP contribution is 2.42. The number of nitrogens with zero attached hydrogens (tertiary/aromatic N) is 2. The molecule has 0 saturated carbocycles. The Balaban J connectivity index is 1.34. The molecule has 0 amide bonds. The Labute approximate surface area is 224 Å². The van der Waals surface area contributed by atoms with E-state index >= 15 is 0 Å². The third kappa shape index (κ3) is 3.72. The fraction of sp³-hybridized carbons (Fsp3) is 0.100. The van der Waals surface area contributed by atoms with Crippen LogP contribution in [0.2, 0.25) is 0 Å². The fourth-order valence-corrected chi connectivity index (χ4v) is 7.04. The van der Waals surface area contributed by atoms with E-state index in [-0.39, 0.29) is 17.2 Å². The number of aryl methyl sites for hydroxylation is 1. The van der Waals surface area contributed by atoms with Crippen LogP contribution < -0.4 is 14.9 Å². The van der Waals surface area contributed by atoms with E-state index in [0.29, 0.717) is 20.9 Å². The highest BCUT2D eigenvalue weighted by molar-refractivity contribution is 7.10. The van der Waals surface area contributed by atoms with Crippen LogP contribution in [0.5, 0.6) is 0 Å². The van der Waals surface area contributed by atoms with Gasteiger partial charge in [0, 0.05) is 22.1 Å². The highest BCUT2D eigenvalue weighted by atomic mass is 32.1. The number of aromatic nitrogens is 1. The molecule has 0 spiro atoms. The smallest absolute Gasteiger partial charge is 0.335 e. The maximum absolute atomic E-state index is 13.8. The SMILES string of the molecule is O=C(O)c1ccc(-c2ccc(/C=c3/sc4n(c3=O)[C@H](c3cccs3)C3=C(N=4)c4ccccc4CC3)o2)cc1. The van der Waals surface area contributed by atoms with Crippen LogP contribution in [-0.4, -0.2) is 15.6 Å². The Kier molecular flexibility index (Phi) is 5.38. The summed E-state index contributed by atoms with van der Waals surface area (Å²) in [6.45, 7) is 0. The normalized spacial score (nSPS) is 16.5. The predicted molar refractivity (Wildman–Crippen MR) is 148 cm³/mol. The number of thiazole rings is 1. The van der Waals surface area contributed by atoms with Gasteiger partial charge in [-0.25, -0.2) is 9.79 Å². The molecule has 4 heterocycles. The third-order valence-electron chi connectivity index (χ3n) is 7.00. The van der Waals surface area contributed by atoms with Gasteiger partial charge in [0.2, 0.25) is 0 Å². The summed E-state index contributed by atoms with van der Waals surface area (Å²) in [4.78, 5) is 31.8. The molecule has 6 nitrogen and oxygen atoms in total. The molecule has 0 fully saturated rings. The average molecular weight is 537 g/mol. The Morgan fingerprint density at radius 1 is 1.03 bits per heavy atom. The monoisotopic (exact) mass is 536 g/mol. The fourth-order valence-electron chi connectivity index (χ4n) is 5.21. The van der Waals surface area contributed by atoms with Crippen molar-refractivity contribution in [2.45, 2.75) is 18.9 Å². The van der Waals surface area contributed by atoms with Crippen molar-refractivity contribution in [2.75, 3.05) is 0 Å². The Bertz CT molecular complexity index is 1920. The summed E-state index contributed by atoms with van der Waals surface area (Å²) in [6, 6.07) is 22.5. The number of hydrogen-bond donors (Lipinski definition) is 1. The molecule has 38 heavy (non-hydrogen) atoms. The molecule has 2 aliphatic rings. The van der Waals surface area contributed by atoms with Gasteiger partial charge in [-0.1, -0.05) is 53.8 Å². The van der Waals surface area contributed by atoms with Gasteiger partial charge in [0.25, 0.3) is 5.56 Å². The Hall–Kier alpha value is -4.27. The summed E-state index contributed by atoms with van der Waals surface area (Å²) in [6.07, 6.45) is 3.56. The van der Waals surface area contributed by atoms with Crippen molar-refractivity contribution in [3.8, 4) is 11.3 Å². The van der Waals surface area contributed by atoms with Gasteiger partial charge in [0.05, 0.1) is 21.8 Å². The molecular weight excluding hydrogens is 516 g/mol. The molecule has 0 bridgehead atoms. The van der Waals surface area contributed by atoms with E-state index in [2.05, 4.69) is 29.6 Å². The van der Waals surface area contributed by atoms with Crippen LogP contribution in [0.1, 0.15) is 44.6 Å². The van der Waals surface area contributed by atoms with Crippen molar-refractivity contribution >= 4 is 40.4 Å². The second-order valence-electron chi connectivity index (χ2n) is 9.21. The average Bonchev–Trinajstić information content (AvgIpc) is 3.70. The summed E-state index contributed by atoms with van der Waals surface area (Å²) in [5.74, 6) is 0.178. The number of thiophene rings is 1. The van der Waals surface area contributed by atoms with E-state index in [1.54, 1.807) is 41.7 Å². The Morgan fingerprint density at radius 3 is 2.66 bits per heavy atom. The van der Waals surface area contributed by atoms with Gasteiger partial charge in [0.15, 0.2) is 4.80 Å². The van der Waals surface area contributed by atoms with Gasteiger partial charge >= 0.3 is 5.97 Å². The van der Waals surface area contributed by atoms with E-state index in [9.17, 15) is 9.59 Å². The highest BCUT2D eigenvalue weighted by Gasteiger charge is 2.33. The zero-order chi connectivity index (χ0) is 25.8. The lowest BCUT2D eigenvalue weighted by Gasteiger charge is -2.30. The van der Waals surface area contributed by atoms with Crippen molar-refractivity contribution in [3.05, 3.63) is 131 Å². The van der Waals surface area contributed by atoms with E-state index in [1.165, 1.54) is 22.5 Å². The van der Waals surface area contributed by atoms with Gasteiger partial charge in [-0.05, 0) is 59.7 Å². The first-order chi connectivity index (χ1) is 18.6. The van der Waals surface area contributed by atoms with E-state index in [1.807, 2.05) is 28.8 Å². The van der Waals surface area contributed by atoms with E-state index < -0.39 is 5.97 Å². The zero-order valence-electron chi connectivity index (χ0n) is 20.0. The summed E-state index contributed by atoms with van der Waals surface area (Å²) >= 11 is 3.03. The largest absolute Gasteiger partial charge is 0.478 e. The molecule has 8 heteroatoms. The number of benzene rings is 2. The van der Waals surface area contributed by atoms with Crippen molar-refractivity contribution in [2.24, 2.45) is 4.99 Å².